The molecule has 0 aliphatic rings. The molecule has 2 atom stereocenters. The van der Waals surface area contributed by atoms with Crippen LogP contribution in [0.5, 0.6) is 0 Å². The van der Waals surface area contributed by atoms with Gasteiger partial charge in [-0.25, -0.2) is 4.98 Å². The van der Waals surface area contributed by atoms with Crippen LogP contribution < -0.4 is 11.5 Å². The highest BCUT2D eigenvalue weighted by Gasteiger charge is 2.23. The van der Waals surface area contributed by atoms with E-state index in [1.807, 2.05) is 0 Å². The van der Waals surface area contributed by atoms with Gasteiger partial charge >= 0.3 is 7.60 Å². The van der Waals surface area contributed by atoms with E-state index in [-0.39, 0.29) is 38.1 Å². The number of hydrogen-bond donors (Lipinski definition) is 3. The molecule has 0 aliphatic heterocycles. The van der Waals surface area contributed by atoms with Crippen molar-refractivity contribution in [3.8, 4) is 0 Å². The minimum Gasteiger partial charge on any atom is -0.382 e. The van der Waals surface area contributed by atoms with Gasteiger partial charge in [0.1, 0.15) is 11.9 Å². The largest absolute Gasteiger partial charge is 0.382 e. The van der Waals surface area contributed by atoms with E-state index < -0.39 is 20.0 Å². The highest BCUT2D eigenvalue weighted by molar-refractivity contribution is 7.52. The third-order valence-corrected chi connectivity index (χ3v) is 8.46. The van der Waals surface area contributed by atoms with Crippen LogP contribution in [0.1, 0.15) is 110 Å². The normalized spacial score (nSPS) is 13.9. The Bertz CT molecular complexity index is 1040. The Morgan fingerprint density at radius 3 is 2.02 bits per heavy atom. The van der Waals surface area contributed by atoms with Gasteiger partial charge < -0.3 is 39.7 Å². The molecule has 0 aliphatic carbocycles. The molecule has 0 fully saturated rings. The number of anilines is 2. The molecule has 2 aromatic heterocycles. The van der Waals surface area contributed by atoms with Crippen LogP contribution in [0.2, 0.25) is 0 Å². The quantitative estimate of drug-likeness (QED) is 0.0698. The molecule has 1 unspecified atom stereocenters. The third kappa shape index (κ3) is 16.7. The summed E-state index contributed by atoms with van der Waals surface area (Å²) < 4.78 is 35.8. The lowest BCUT2D eigenvalue weighted by atomic mass is 10.0. The number of nitrogens with two attached hydrogens (primary N) is 2. The van der Waals surface area contributed by atoms with Crippen LogP contribution in [0.3, 0.4) is 0 Å². The Hall–Kier alpha value is -1.82. The second kappa shape index (κ2) is 22.7. The molecule has 0 saturated carbocycles. The first-order valence-electron chi connectivity index (χ1n) is 16.2. The lowest BCUT2D eigenvalue weighted by Gasteiger charge is -2.20. The van der Waals surface area contributed by atoms with Crippen molar-refractivity contribution >= 4 is 30.5 Å². The zero-order chi connectivity index (χ0) is 31.2. The lowest BCUT2D eigenvalue weighted by Crippen LogP contribution is -2.26. The van der Waals surface area contributed by atoms with E-state index in [1.165, 1.54) is 103 Å². The highest BCUT2D eigenvalue weighted by atomic mass is 31.2. The summed E-state index contributed by atoms with van der Waals surface area (Å²) in [4.78, 5) is 22.5. The van der Waals surface area contributed by atoms with Gasteiger partial charge in [0, 0.05) is 13.7 Å². The van der Waals surface area contributed by atoms with E-state index in [0.717, 1.165) is 12.8 Å². The van der Waals surface area contributed by atoms with Gasteiger partial charge in [-0.3, -0.25) is 4.57 Å². The van der Waals surface area contributed by atoms with E-state index in [2.05, 4.69) is 21.9 Å². The first kappa shape index (κ1) is 37.4. The standard InChI is InChI=1S/C30H57N6O6P/c1-3-4-5-6-7-8-9-10-11-12-13-14-15-16-17-18-19-40-20-21-42-43(37,38)25-41-26(23-39-2)22-36-24-33-27-28(31)34-30(32)35-29(27)36/h24,26H,3-23,25H2,1-2H3,(H,37,38)(H4,31,32,34,35)/t26-/m1/s1. The summed E-state index contributed by atoms with van der Waals surface area (Å²) in [5.74, 6) is 0.206. The molecule has 13 heteroatoms. The van der Waals surface area contributed by atoms with E-state index >= 15 is 0 Å². The van der Waals surface area contributed by atoms with Gasteiger partial charge in [0.25, 0.3) is 0 Å². The van der Waals surface area contributed by atoms with Crippen molar-refractivity contribution in [1.82, 2.24) is 19.5 Å². The summed E-state index contributed by atoms with van der Waals surface area (Å²) in [5, 5.41) is 0. The molecule has 0 saturated heterocycles. The minimum absolute atomic E-state index is 0.0204. The predicted molar refractivity (Wildman–Crippen MR) is 172 cm³/mol. The lowest BCUT2D eigenvalue weighted by molar-refractivity contribution is 0.00122. The maximum absolute atomic E-state index is 12.5. The third-order valence-electron chi connectivity index (χ3n) is 7.40. The molecule has 248 valence electrons. The van der Waals surface area contributed by atoms with Crippen molar-refractivity contribution in [2.45, 2.75) is 122 Å². The molecule has 2 rings (SSSR count). The summed E-state index contributed by atoms with van der Waals surface area (Å²) in [6.45, 7) is 3.61. The SMILES string of the molecule is CCCCCCCCCCCCCCCCCCOCCOP(=O)(O)CO[C@@H](COC)Cn1cnc2c(N)nc(N)nc21. The zero-order valence-electron chi connectivity index (χ0n) is 26.6. The molecule has 2 heterocycles. The number of methoxy groups -OCH3 is 1. The summed E-state index contributed by atoms with van der Waals surface area (Å²) in [6.07, 6.45) is 21.7. The van der Waals surface area contributed by atoms with Gasteiger partial charge in [-0.15, -0.1) is 0 Å². The van der Waals surface area contributed by atoms with Crippen molar-refractivity contribution in [3.63, 3.8) is 0 Å². The number of nitrogen functional groups attached to an aromatic ring is 2. The molecule has 12 nitrogen and oxygen atoms in total. The average Bonchev–Trinajstić information content (AvgIpc) is 3.37. The van der Waals surface area contributed by atoms with Crippen LogP contribution in [0.4, 0.5) is 11.8 Å². The van der Waals surface area contributed by atoms with Crippen molar-refractivity contribution in [2.24, 2.45) is 0 Å². The number of unbranched alkanes of at least 4 members (excludes halogenated alkanes) is 15. The van der Waals surface area contributed by atoms with Crippen molar-refractivity contribution < 1.29 is 28.2 Å². The summed E-state index contributed by atoms with van der Waals surface area (Å²) >= 11 is 0. The predicted octanol–water partition coefficient (Wildman–Crippen LogP) is 6.46. The second-order valence-corrected chi connectivity index (χ2v) is 13.1. The summed E-state index contributed by atoms with van der Waals surface area (Å²) in [6, 6.07) is 0. The van der Waals surface area contributed by atoms with Crippen LogP contribution >= 0.6 is 7.60 Å². The first-order chi connectivity index (χ1) is 20.9. The van der Waals surface area contributed by atoms with Crippen LogP contribution in [0.15, 0.2) is 6.33 Å². The molecular formula is C30H57N6O6P. The average molecular weight is 629 g/mol. The van der Waals surface area contributed by atoms with Crippen LogP contribution in [-0.2, 0) is 29.8 Å². The molecule has 0 amide bonds. The number of ether oxygens (including phenoxy) is 3. The number of nitrogens with zero attached hydrogens (tertiary/aromatic N) is 4. The van der Waals surface area contributed by atoms with E-state index in [4.69, 9.17) is 30.2 Å². The van der Waals surface area contributed by atoms with E-state index in [0.29, 0.717) is 17.8 Å². The monoisotopic (exact) mass is 628 g/mol. The molecule has 0 radical (unpaired) electrons. The fourth-order valence-corrected chi connectivity index (χ4v) is 5.84. The molecule has 5 N–H and O–H groups in total. The van der Waals surface area contributed by atoms with E-state index in [9.17, 15) is 9.46 Å². The highest BCUT2D eigenvalue weighted by Crippen LogP contribution is 2.42. The number of fused-ring (bicyclic) bond motifs is 1. The van der Waals surface area contributed by atoms with Crippen LogP contribution in [0.25, 0.3) is 11.2 Å². The Morgan fingerprint density at radius 1 is 0.860 bits per heavy atom. The van der Waals surface area contributed by atoms with Crippen molar-refractivity contribution in [1.29, 1.82) is 0 Å². The van der Waals surface area contributed by atoms with Gasteiger partial charge in [0.15, 0.2) is 11.5 Å². The van der Waals surface area contributed by atoms with Gasteiger partial charge in [0.05, 0.1) is 38.8 Å². The number of hydrogen-bond acceptors (Lipinski definition) is 10. The van der Waals surface area contributed by atoms with Gasteiger partial charge in [0.2, 0.25) is 5.95 Å². The summed E-state index contributed by atoms with van der Waals surface area (Å²) in [7, 11) is -2.45. The Balaban J connectivity index is 1.45. The number of imidazole rings is 1. The fourth-order valence-electron chi connectivity index (χ4n) is 5.01. The smallest absolute Gasteiger partial charge is 0.353 e. The van der Waals surface area contributed by atoms with Gasteiger partial charge in [-0.05, 0) is 6.42 Å². The molecule has 43 heavy (non-hydrogen) atoms. The maximum atomic E-state index is 12.5. The Morgan fingerprint density at radius 2 is 1.44 bits per heavy atom. The van der Waals surface area contributed by atoms with Gasteiger partial charge in [-0.1, -0.05) is 103 Å². The molecule has 0 aromatic carbocycles. The minimum atomic E-state index is -3.97. The van der Waals surface area contributed by atoms with Gasteiger partial charge in [-0.2, -0.15) is 9.97 Å². The Labute approximate surface area is 258 Å². The van der Waals surface area contributed by atoms with Crippen molar-refractivity contribution in [2.75, 3.05) is 51.4 Å². The topological polar surface area (TPSA) is 170 Å². The number of aromatic nitrogens is 4. The second-order valence-electron chi connectivity index (χ2n) is 11.3. The maximum Gasteiger partial charge on any atom is 0.353 e. The fraction of sp³-hybridized carbons (Fsp3) is 0.833. The Kier molecular flexibility index (Phi) is 19.7. The first-order valence-corrected chi connectivity index (χ1v) is 18.0. The van der Waals surface area contributed by atoms with Crippen molar-refractivity contribution in [3.05, 3.63) is 6.33 Å². The molecule has 0 spiro atoms. The molecule has 2 aromatic rings. The van der Waals surface area contributed by atoms with E-state index in [1.54, 1.807) is 4.57 Å². The van der Waals surface area contributed by atoms with Crippen LogP contribution in [0, 0.1) is 0 Å². The molecular weight excluding hydrogens is 571 g/mol. The van der Waals surface area contributed by atoms with Crippen LogP contribution in [-0.4, -0.2) is 70.4 Å². The summed E-state index contributed by atoms with van der Waals surface area (Å²) in [5.41, 5.74) is 12.4. The molecule has 0 bridgehead atoms. The number of rotatable bonds is 28. The zero-order valence-corrected chi connectivity index (χ0v) is 27.5.